The molecule has 1 aliphatic heterocycles. The summed E-state index contributed by atoms with van der Waals surface area (Å²) in [5.41, 5.74) is 2.91. The summed E-state index contributed by atoms with van der Waals surface area (Å²) in [4.78, 5) is 44.0. The fourth-order valence-corrected chi connectivity index (χ4v) is 3.98. The topological polar surface area (TPSA) is 128 Å². The van der Waals surface area contributed by atoms with Gasteiger partial charge in [-0.15, -0.1) is 0 Å². The lowest BCUT2D eigenvalue weighted by Gasteiger charge is -2.29. The van der Waals surface area contributed by atoms with E-state index in [1.807, 2.05) is 0 Å². The summed E-state index contributed by atoms with van der Waals surface area (Å²) >= 11 is 0. The number of hydrazine groups is 1. The molecule has 3 N–H and O–H groups in total. The average Bonchev–Trinajstić information content (AvgIpc) is 3.40. The van der Waals surface area contributed by atoms with Gasteiger partial charge in [0.2, 0.25) is 18.3 Å². The molecule has 1 aromatic rings. The summed E-state index contributed by atoms with van der Waals surface area (Å²) in [5.74, 6) is -1.80. The van der Waals surface area contributed by atoms with E-state index in [1.54, 1.807) is 0 Å². The summed E-state index contributed by atoms with van der Waals surface area (Å²) in [6.07, 6.45) is 7.28. The van der Waals surface area contributed by atoms with E-state index < -0.39 is 23.7 Å². The van der Waals surface area contributed by atoms with Crippen LogP contribution >= 0.6 is 0 Å². The fraction of sp³-hybridized carbons (Fsp3) is 0.611. The first-order valence-corrected chi connectivity index (χ1v) is 9.73. The molecule has 3 rings (SSSR count). The number of aromatic nitrogens is 2. The summed E-state index contributed by atoms with van der Waals surface area (Å²) in [6.45, 7) is 0.285. The Balaban J connectivity index is 1.68. The molecular weight excluding hydrogens is 383 g/mol. The molecule has 2 aliphatic rings. The number of anilines is 1. The second-order valence-corrected chi connectivity index (χ2v) is 7.45. The van der Waals surface area contributed by atoms with Gasteiger partial charge in [0.05, 0.1) is 24.9 Å². The third-order valence-electron chi connectivity index (χ3n) is 5.38. The van der Waals surface area contributed by atoms with Crippen molar-refractivity contribution in [1.29, 1.82) is 0 Å². The Morgan fingerprint density at radius 3 is 2.69 bits per heavy atom. The number of nitrogens with zero attached hydrogens (tertiary/aromatic N) is 4. The summed E-state index contributed by atoms with van der Waals surface area (Å²) in [7, 11) is 0. The second kappa shape index (κ2) is 9.70. The van der Waals surface area contributed by atoms with Crippen LogP contribution in [0.3, 0.4) is 0 Å². The molecule has 158 valence electrons. The average molecular weight is 408 g/mol. The zero-order chi connectivity index (χ0) is 20.8. The maximum Gasteiger partial charge on any atom is 0.251 e. The van der Waals surface area contributed by atoms with Crippen molar-refractivity contribution in [3.8, 4) is 0 Å². The van der Waals surface area contributed by atoms with Crippen molar-refractivity contribution < 1.29 is 24.0 Å². The normalized spacial score (nSPS) is 20.5. The molecule has 11 heteroatoms. The number of halogens is 1. The monoisotopic (exact) mass is 408 g/mol. The molecule has 1 saturated carbocycles. The SMILES string of the molecule is O=CN(O)C[C@@H](CC1CCCC1)C(=O)N1NCC[C@H]1C(=O)Nc1ncc(F)cn1. The lowest BCUT2D eigenvalue weighted by atomic mass is 9.92. The number of amides is 3. The smallest absolute Gasteiger partial charge is 0.251 e. The first-order valence-electron chi connectivity index (χ1n) is 9.73. The van der Waals surface area contributed by atoms with Crippen molar-refractivity contribution >= 4 is 24.2 Å². The molecule has 10 nitrogen and oxygen atoms in total. The molecule has 2 heterocycles. The van der Waals surface area contributed by atoms with Crippen LogP contribution in [0, 0.1) is 17.7 Å². The van der Waals surface area contributed by atoms with Crippen LogP contribution in [0.25, 0.3) is 0 Å². The van der Waals surface area contributed by atoms with E-state index in [0.717, 1.165) is 38.1 Å². The number of nitrogens with one attached hydrogen (secondary N) is 2. The highest BCUT2D eigenvalue weighted by Crippen LogP contribution is 2.31. The summed E-state index contributed by atoms with van der Waals surface area (Å²) < 4.78 is 12.9. The number of carbonyl (C=O) groups is 3. The van der Waals surface area contributed by atoms with Crippen molar-refractivity contribution in [2.75, 3.05) is 18.4 Å². The highest BCUT2D eigenvalue weighted by atomic mass is 19.1. The van der Waals surface area contributed by atoms with Crippen LogP contribution in [0.1, 0.15) is 38.5 Å². The van der Waals surface area contributed by atoms with Gasteiger partial charge in [-0.05, 0) is 18.8 Å². The van der Waals surface area contributed by atoms with Crippen LogP contribution in [0.5, 0.6) is 0 Å². The molecule has 1 saturated heterocycles. The highest BCUT2D eigenvalue weighted by Gasteiger charge is 2.39. The molecule has 1 aromatic heterocycles. The van der Waals surface area contributed by atoms with E-state index in [-0.39, 0.29) is 24.8 Å². The van der Waals surface area contributed by atoms with Crippen LogP contribution in [0.15, 0.2) is 12.4 Å². The van der Waals surface area contributed by atoms with Crippen LogP contribution in [-0.4, -0.2) is 62.6 Å². The van der Waals surface area contributed by atoms with E-state index in [4.69, 9.17) is 0 Å². The standard InChI is InChI=1S/C18H25FN6O4/c19-14-8-20-18(21-9-14)23-16(27)15-5-6-22-25(15)17(28)13(10-24(29)11-26)7-12-3-1-2-4-12/h8-9,11-13,15,22,29H,1-7,10H2,(H,20,21,23,27)/t13-,15+/m1/s1. The zero-order valence-corrected chi connectivity index (χ0v) is 16.0. The zero-order valence-electron chi connectivity index (χ0n) is 16.0. The maximum atomic E-state index is 13.1. The van der Waals surface area contributed by atoms with E-state index in [2.05, 4.69) is 20.7 Å². The molecule has 0 unspecified atom stereocenters. The van der Waals surface area contributed by atoms with Crippen LogP contribution < -0.4 is 10.7 Å². The second-order valence-electron chi connectivity index (χ2n) is 7.45. The largest absolute Gasteiger partial charge is 0.293 e. The van der Waals surface area contributed by atoms with Gasteiger partial charge in [-0.1, -0.05) is 25.7 Å². The van der Waals surface area contributed by atoms with Crippen molar-refractivity contribution in [2.24, 2.45) is 11.8 Å². The molecule has 29 heavy (non-hydrogen) atoms. The third-order valence-corrected chi connectivity index (χ3v) is 5.38. The molecule has 2 fully saturated rings. The van der Waals surface area contributed by atoms with Crippen LogP contribution in [-0.2, 0) is 14.4 Å². The minimum absolute atomic E-state index is 0.0549. The van der Waals surface area contributed by atoms with E-state index in [0.29, 0.717) is 30.4 Å². The Morgan fingerprint density at radius 2 is 2.03 bits per heavy atom. The van der Waals surface area contributed by atoms with Gasteiger partial charge >= 0.3 is 0 Å². The van der Waals surface area contributed by atoms with Gasteiger partial charge in [0, 0.05) is 6.54 Å². The fourth-order valence-electron chi connectivity index (χ4n) is 3.98. The molecule has 0 bridgehead atoms. The Bertz CT molecular complexity index is 728. The molecule has 0 aromatic carbocycles. The van der Waals surface area contributed by atoms with Crippen molar-refractivity contribution in [3.63, 3.8) is 0 Å². The van der Waals surface area contributed by atoms with Crippen molar-refractivity contribution in [2.45, 2.75) is 44.6 Å². The van der Waals surface area contributed by atoms with Crippen LogP contribution in [0.2, 0.25) is 0 Å². The number of hydrogen-bond acceptors (Lipinski definition) is 7. The summed E-state index contributed by atoms with van der Waals surface area (Å²) in [5, 5.41) is 13.8. The minimum Gasteiger partial charge on any atom is -0.293 e. The third kappa shape index (κ3) is 5.45. The van der Waals surface area contributed by atoms with Gasteiger partial charge < -0.3 is 0 Å². The van der Waals surface area contributed by atoms with Crippen molar-refractivity contribution in [3.05, 3.63) is 18.2 Å². The first-order chi connectivity index (χ1) is 14.0. The maximum absolute atomic E-state index is 13.1. The number of carbonyl (C=O) groups excluding carboxylic acids is 3. The molecular formula is C18H25FN6O4. The number of hydrogen-bond donors (Lipinski definition) is 3. The molecule has 2 atom stereocenters. The molecule has 0 spiro atoms. The van der Waals surface area contributed by atoms with Gasteiger partial charge in [-0.3, -0.25) is 29.9 Å². The summed E-state index contributed by atoms with van der Waals surface area (Å²) in [6, 6.07) is -0.800. The predicted octanol–water partition coefficient (Wildman–Crippen LogP) is 0.704. The Morgan fingerprint density at radius 1 is 1.34 bits per heavy atom. The van der Waals surface area contributed by atoms with E-state index in [9.17, 15) is 24.0 Å². The predicted molar refractivity (Wildman–Crippen MR) is 98.5 cm³/mol. The first kappa shape index (κ1) is 21.1. The Hall–Kier alpha value is -2.66. The van der Waals surface area contributed by atoms with Crippen molar-refractivity contribution in [1.82, 2.24) is 25.5 Å². The van der Waals surface area contributed by atoms with Crippen LogP contribution in [0.4, 0.5) is 10.3 Å². The molecule has 3 amide bonds. The van der Waals surface area contributed by atoms with E-state index in [1.165, 1.54) is 5.01 Å². The minimum atomic E-state index is -0.800. The number of rotatable bonds is 8. The lowest BCUT2D eigenvalue weighted by molar-refractivity contribution is -0.159. The van der Waals surface area contributed by atoms with Gasteiger partial charge in [0.25, 0.3) is 5.91 Å². The Labute approximate surface area is 167 Å². The lowest BCUT2D eigenvalue weighted by Crippen LogP contribution is -2.51. The van der Waals surface area contributed by atoms with E-state index >= 15 is 0 Å². The van der Waals surface area contributed by atoms with Gasteiger partial charge in [-0.2, -0.15) is 0 Å². The molecule has 1 aliphatic carbocycles. The van der Waals surface area contributed by atoms with Gasteiger partial charge in [0.15, 0.2) is 5.82 Å². The quantitative estimate of drug-likeness (QED) is 0.328. The van der Waals surface area contributed by atoms with Gasteiger partial charge in [0.1, 0.15) is 6.04 Å². The number of hydroxylamine groups is 2. The Kier molecular flexibility index (Phi) is 7.04. The highest BCUT2D eigenvalue weighted by molar-refractivity contribution is 5.96. The molecule has 0 radical (unpaired) electrons. The van der Waals surface area contributed by atoms with Gasteiger partial charge in [-0.25, -0.2) is 24.8 Å².